The summed E-state index contributed by atoms with van der Waals surface area (Å²) in [5, 5.41) is 21.3. The summed E-state index contributed by atoms with van der Waals surface area (Å²) in [6.07, 6.45) is 1.93. The monoisotopic (exact) mass is 490 g/mol. The van der Waals surface area contributed by atoms with Crippen LogP contribution in [0, 0.1) is 15.9 Å². The Bertz CT molecular complexity index is 1470. The molecule has 9 nitrogen and oxygen atoms in total. The third-order valence-corrected chi connectivity index (χ3v) is 5.71. The first-order valence-corrected chi connectivity index (χ1v) is 10.8. The lowest BCUT2D eigenvalue weighted by atomic mass is 10.0. The van der Waals surface area contributed by atoms with Gasteiger partial charge < -0.3 is 5.32 Å². The van der Waals surface area contributed by atoms with Crippen molar-refractivity contribution in [2.75, 3.05) is 10.6 Å². The number of amides is 1. The van der Waals surface area contributed by atoms with Crippen LogP contribution in [-0.2, 0) is 0 Å². The predicted octanol–water partition coefficient (Wildman–Crippen LogP) is 5.29. The zero-order chi connectivity index (χ0) is 24.5. The maximum absolute atomic E-state index is 13.5. The normalized spacial score (nSPS) is 14.5. The Morgan fingerprint density at radius 3 is 2.57 bits per heavy atom. The van der Waals surface area contributed by atoms with E-state index in [0.29, 0.717) is 5.95 Å². The number of aromatic nitrogens is 3. The zero-order valence-electron chi connectivity index (χ0n) is 17.9. The third-order valence-electron chi connectivity index (χ3n) is 5.39. The second-order valence-electron chi connectivity index (χ2n) is 7.65. The van der Waals surface area contributed by atoms with Crippen molar-refractivity contribution in [2.24, 2.45) is 0 Å². The molecule has 0 saturated heterocycles. The molecule has 1 amide bonds. The van der Waals surface area contributed by atoms with Crippen LogP contribution in [0.3, 0.4) is 0 Å². The van der Waals surface area contributed by atoms with Crippen LogP contribution in [-0.4, -0.2) is 25.6 Å². The number of hydrogen-bond donors (Lipinski definition) is 2. The molecular formula is C24H16ClFN6O3. The number of nitrogens with zero attached hydrogens (tertiary/aromatic N) is 4. The number of hydrogen-bond acceptors (Lipinski definition) is 6. The number of nitrogens with one attached hydrogen (secondary N) is 2. The van der Waals surface area contributed by atoms with Crippen LogP contribution in [0.5, 0.6) is 0 Å². The molecule has 11 heteroatoms. The average Bonchev–Trinajstić information content (AvgIpc) is 3.27. The van der Waals surface area contributed by atoms with E-state index in [-0.39, 0.29) is 28.0 Å². The zero-order valence-corrected chi connectivity index (χ0v) is 18.6. The van der Waals surface area contributed by atoms with E-state index in [2.05, 4.69) is 20.7 Å². The molecule has 35 heavy (non-hydrogen) atoms. The molecule has 0 fully saturated rings. The van der Waals surface area contributed by atoms with Crippen molar-refractivity contribution in [2.45, 2.75) is 6.04 Å². The highest BCUT2D eigenvalue weighted by Gasteiger charge is 2.26. The fourth-order valence-corrected chi connectivity index (χ4v) is 3.88. The van der Waals surface area contributed by atoms with Crippen LogP contribution in [0.4, 0.5) is 22.0 Å². The lowest BCUT2D eigenvalue weighted by molar-refractivity contribution is -0.384. The lowest BCUT2D eigenvalue weighted by Crippen LogP contribution is -2.20. The molecule has 0 aliphatic carbocycles. The Kier molecular flexibility index (Phi) is 5.71. The first-order chi connectivity index (χ1) is 16.9. The molecule has 5 rings (SSSR count). The quantitative estimate of drug-likeness (QED) is 0.290. The first-order valence-electron chi connectivity index (χ1n) is 10.4. The molecular weight excluding hydrogens is 475 g/mol. The highest BCUT2D eigenvalue weighted by Crippen LogP contribution is 2.33. The lowest BCUT2D eigenvalue weighted by Gasteiger charge is -2.24. The van der Waals surface area contributed by atoms with Gasteiger partial charge in [-0.15, -0.1) is 5.10 Å². The molecule has 0 saturated carbocycles. The molecule has 1 aliphatic rings. The molecule has 3 aromatic carbocycles. The van der Waals surface area contributed by atoms with Crippen molar-refractivity contribution >= 4 is 40.8 Å². The molecule has 0 unspecified atom stereocenters. The molecule has 0 radical (unpaired) electrons. The molecule has 0 spiro atoms. The van der Waals surface area contributed by atoms with E-state index >= 15 is 0 Å². The first kappa shape index (κ1) is 22.2. The second-order valence-corrected chi connectivity index (χ2v) is 8.06. The topological polar surface area (TPSA) is 115 Å². The van der Waals surface area contributed by atoms with Gasteiger partial charge in [-0.25, -0.2) is 9.07 Å². The molecule has 1 atom stereocenters. The van der Waals surface area contributed by atoms with Crippen LogP contribution in [0.25, 0.3) is 5.70 Å². The maximum atomic E-state index is 13.5. The second kappa shape index (κ2) is 8.99. The minimum absolute atomic E-state index is 0.00933. The fourth-order valence-electron chi connectivity index (χ4n) is 3.70. The minimum atomic E-state index is -0.666. The van der Waals surface area contributed by atoms with Gasteiger partial charge in [0.05, 0.1) is 4.92 Å². The Morgan fingerprint density at radius 1 is 1.11 bits per heavy atom. The Hall–Kier alpha value is -4.57. The van der Waals surface area contributed by atoms with Gasteiger partial charge in [0.2, 0.25) is 5.95 Å². The van der Waals surface area contributed by atoms with Gasteiger partial charge in [-0.1, -0.05) is 54.1 Å². The van der Waals surface area contributed by atoms with Crippen molar-refractivity contribution in [3.63, 3.8) is 0 Å². The maximum Gasteiger partial charge on any atom is 0.288 e. The van der Waals surface area contributed by atoms with Crippen LogP contribution < -0.4 is 10.6 Å². The molecule has 0 bridgehead atoms. The number of halogens is 2. The van der Waals surface area contributed by atoms with Gasteiger partial charge in [-0.2, -0.15) is 4.98 Å². The molecule has 4 aromatic rings. The summed E-state index contributed by atoms with van der Waals surface area (Å²) in [5.41, 5.74) is 2.09. The Labute approximate surface area is 203 Å². The summed E-state index contributed by atoms with van der Waals surface area (Å²) in [7, 11) is 0. The molecule has 1 aliphatic heterocycles. The van der Waals surface area contributed by atoms with E-state index in [1.54, 1.807) is 16.8 Å². The van der Waals surface area contributed by atoms with E-state index in [1.807, 2.05) is 36.4 Å². The largest absolute Gasteiger partial charge is 0.324 e. The van der Waals surface area contributed by atoms with Crippen molar-refractivity contribution < 1.29 is 14.1 Å². The summed E-state index contributed by atoms with van der Waals surface area (Å²) < 4.78 is 15.1. The van der Waals surface area contributed by atoms with Crippen molar-refractivity contribution in [3.05, 3.63) is 117 Å². The summed E-state index contributed by atoms with van der Waals surface area (Å²) in [6.45, 7) is 0. The number of rotatable bonds is 5. The summed E-state index contributed by atoms with van der Waals surface area (Å²) in [4.78, 5) is 27.6. The number of nitro benzene ring substituents is 1. The smallest absolute Gasteiger partial charge is 0.288 e. The number of benzene rings is 3. The van der Waals surface area contributed by atoms with Gasteiger partial charge >= 0.3 is 0 Å². The fraction of sp³-hybridized carbons (Fsp3) is 0.0417. The molecule has 2 heterocycles. The summed E-state index contributed by atoms with van der Waals surface area (Å²) in [5.74, 6) is -0.649. The van der Waals surface area contributed by atoms with Crippen molar-refractivity contribution in [1.29, 1.82) is 0 Å². The van der Waals surface area contributed by atoms with Gasteiger partial charge in [-0.05, 0) is 41.5 Å². The van der Waals surface area contributed by atoms with Crippen LogP contribution in [0.2, 0.25) is 5.02 Å². The number of anilines is 2. The number of fused-ring (bicyclic) bond motifs is 1. The third kappa shape index (κ3) is 4.46. The van der Waals surface area contributed by atoms with Crippen molar-refractivity contribution in [1.82, 2.24) is 14.8 Å². The van der Waals surface area contributed by atoms with E-state index in [0.717, 1.165) is 22.9 Å². The number of carbonyl (C=O) groups is 1. The van der Waals surface area contributed by atoms with E-state index in [1.165, 1.54) is 24.3 Å². The van der Waals surface area contributed by atoms with Gasteiger partial charge in [0.1, 0.15) is 16.9 Å². The predicted molar refractivity (Wildman–Crippen MR) is 129 cm³/mol. The average molecular weight is 491 g/mol. The van der Waals surface area contributed by atoms with Gasteiger partial charge in [0.25, 0.3) is 17.5 Å². The molecule has 2 N–H and O–H groups in total. The number of allylic oxidation sites excluding steroid dienone is 1. The van der Waals surface area contributed by atoms with Gasteiger partial charge in [-0.3, -0.25) is 20.2 Å². The van der Waals surface area contributed by atoms with E-state index in [4.69, 9.17) is 11.6 Å². The minimum Gasteiger partial charge on any atom is -0.324 e. The van der Waals surface area contributed by atoms with Crippen molar-refractivity contribution in [3.8, 4) is 0 Å². The summed E-state index contributed by atoms with van der Waals surface area (Å²) >= 11 is 5.83. The Balaban J connectivity index is 1.49. The summed E-state index contributed by atoms with van der Waals surface area (Å²) in [6, 6.07) is 18.9. The standard InChI is InChI=1S/C24H16ClFN6O3/c25-18-11-8-16(12-21(18)32(34)35)22(33)28-23-29-24-27-19(14-4-2-1-3-5-14)13-20(31(24)30-23)15-6-9-17(26)10-7-15/h1-13,20H,(H2,27,28,29,30,33)/t20-/m0/s1. The highest BCUT2D eigenvalue weighted by atomic mass is 35.5. The molecule has 174 valence electrons. The highest BCUT2D eigenvalue weighted by molar-refractivity contribution is 6.32. The van der Waals surface area contributed by atoms with Crippen LogP contribution >= 0.6 is 11.6 Å². The number of carbonyl (C=O) groups excluding carboxylic acids is 1. The van der Waals surface area contributed by atoms with Gasteiger partial charge in [0, 0.05) is 17.3 Å². The van der Waals surface area contributed by atoms with E-state index < -0.39 is 16.9 Å². The SMILES string of the molecule is O=C(Nc1nc2n(n1)[C@H](c1ccc(F)cc1)C=C(c1ccccc1)N2)c1ccc(Cl)c([N+](=O)[O-])c1. The van der Waals surface area contributed by atoms with E-state index in [9.17, 15) is 19.3 Å². The van der Waals surface area contributed by atoms with Crippen LogP contribution in [0.1, 0.15) is 27.5 Å². The number of nitro groups is 1. The van der Waals surface area contributed by atoms with Crippen LogP contribution in [0.15, 0.2) is 78.9 Å². The Morgan fingerprint density at radius 2 is 1.86 bits per heavy atom. The molecule has 1 aromatic heterocycles. The van der Waals surface area contributed by atoms with Gasteiger partial charge in [0.15, 0.2) is 0 Å².